The minimum absolute atomic E-state index is 0.0424. The standard InChI is InChI=1S/C21H20N6O/c1-13-3-2-4-20(24-13)27-18-7-5-14(9-15(18)11-23-27)21(28)25-17-10-16-6-8-19(17)26(16)12-22/h2-5,7,9,11,16-17,19H,6,8,10H2,1H3,(H,25,28)/t16-,17+,19+/m0/s1. The number of rotatable bonds is 3. The van der Waals surface area contributed by atoms with E-state index < -0.39 is 0 Å². The smallest absolute Gasteiger partial charge is 0.251 e. The molecule has 0 unspecified atom stereocenters. The molecule has 2 aliphatic rings. The average Bonchev–Trinajstić information content (AvgIpc) is 3.39. The van der Waals surface area contributed by atoms with E-state index in [2.05, 4.69) is 21.6 Å². The zero-order valence-corrected chi connectivity index (χ0v) is 15.5. The number of nitrogens with one attached hydrogen (secondary N) is 1. The molecule has 140 valence electrons. The molecule has 28 heavy (non-hydrogen) atoms. The fraction of sp³-hybridized carbons (Fsp3) is 0.333. The first-order valence-electron chi connectivity index (χ1n) is 9.55. The van der Waals surface area contributed by atoms with Crippen molar-refractivity contribution in [1.82, 2.24) is 25.0 Å². The number of carbonyl (C=O) groups excluding carboxylic acids is 1. The normalized spacial score (nSPS) is 23.1. The Kier molecular flexibility index (Phi) is 3.79. The number of carbonyl (C=O) groups is 1. The number of benzene rings is 1. The number of nitrogens with zero attached hydrogens (tertiary/aromatic N) is 5. The summed E-state index contributed by atoms with van der Waals surface area (Å²) in [6.45, 7) is 1.95. The topological polar surface area (TPSA) is 86.8 Å². The molecule has 0 aliphatic carbocycles. The molecule has 3 atom stereocenters. The Morgan fingerprint density at radius 2 is 2.18 bits per heavy atom. The summed E-state index contributed by atoms with van der Waals surface area (Å²) in [5, 5.41) is 17.8. The third kappa shape index (κ3) is 2.61. The van der Waals surface area contributed by atoms with Gasteiger partial charge in [-0.25, -0.2) is 9.67 Å². The highest BCUT2D eigenvalue weighted by Crippen LogP contribution is 2.37. The van der Waals surface area contributed by atoms with Crippen LogP contribution in [0.25, 0.3) is 16.7 Å². The monoisotopic (exact) mass is 372 g/mol. The molecule has 2 aromatic heterocycles. The summed E-state index contributed by atoms with van der Waals surface area (Å²) in [7, 11) is 0. The van der Waals surface area contributed by atoms with Gasteiger partial charge >= 0.3 is 0 Å². The van der Waals surface area contributed by atoms with Gasteiger partial charge in [0.15, 0.2) is 12.0 Å². The van der Waals surface area contributed by atoms with Crippen molar-refractivity contribution in [3.05, 3.63) is 53.9 Å². The van der Waals surface area contributed by atoms with E-state index >= 15 is 0 Å². The lowest BCUT2D eigenvalue weighted by molar-refractivity contribution is 0.0928. The number of hydrogen-bond acceptors (Lipinski definition) is 5. The van der Waals surface area contributed by atoms with Crippen LogP contribution in [0.5, 0.6) is 0 Å². The van der Waals surface area contributed by atoms with Crippen molar-refractivity contribution in [2.24, 2.45) is 0 Å². The van der Waals surface area contributed by atoms with Crippen molar-refractivity contribution in [3.8, 4) is 12.0 Å². The fourth-order valence-electron chi connectivity index (χ4n) is 4.55. The SMILES string of the molecule is Cc1cccc(-n2ncc3cc(C(=O)N[C@@H]4C[C@@H]5CC[C@H]4N5C#N)ccc32)n1. The number of amides is 1. The van der Waals surface area contributed by atoms with Gasteiger partial charge in [-0.1, -0.05) is 6.07 Å². The van der Waals surface area contributed by atoms with Gasteiger partial charge in [0.25, 0.3) is 5.91 Å². The van der Waals surface area contributed by atoms with E-state index in [-0.39, 0.29) is 24.0 Å². The minimum atomic E-state index is -0.0984. The van der Waals surface area contributed by atoms with Crippen LogP contribution in [0.15, 0.2) is 42.6 Å². The summed E-state index contributed by atoms with van der Waals surface area (Å²) in [5.41, 5.74) is 2.44. The summed E-state index contributed by atoms with van der Waals surface area (Å²) in [6.07, 6.45) is 6.90. The van der Waals surface area contributed by atoms with Crippen molar-refractivity contribution < 1.29 is 4.79 Å². The molecule has 4 heterocycles. The quantitative estimate of drug-likeness (QED) is 0.714. The highest BCUT2D eigenvalue weighted by atomic mass is 16.1. The molecular formula is C21H20N6O. The van der Waals surface area contributed by atoms with Gasteiger partial charge in [-0.3, -0.25) is 4.79 Å². The second-order valence-corrected chi connectivity index (χ2v) is 7.59. The van der Waals surface area contributed by atoms with Crippen molar-refractivity contribution in [1.29, 1.82) is 5.26 Å². The maximum Gasteiger partial charge on any atom is 0.251 e. The van der Waals surface area contributed by atoms with Gasteiger partial charge in [0.05, 0.1) is 23.8 Å². The third-order valence-electron chi connectivity index (χ3n) is 5.89. The molecule has 0 radical (unpaired) electrons. The van der Waals surface area contributed by atoms with E-state index in [9.17, 15) is 10.1 Å². The lowest BCUT2D eigenvalue weighted by Gasteiger charge is -2.21. The number of pyridine rings is 1. The Hall–Kier alpha value is -3.40. The van der Waals surface area contributed by atoms with Gasteiger partial charge in [0.2, 0.25) is 0 Å². The van der Waals surface area contributed by atoms with Gasteiger partial charge in [0.1, 0.15) is 0 Å². The maximum absolute atomic E-state index is 12.8. The lowest BCUT2D eigenvalue weighted by atomic mass is 9.95. The lowest BCUT2D eigenvalue weighted by Crippen LogP contribution is -2.43. The summed E-state index contributed by atoms with van der Waals surface area (Å²) in [4.78, 5) is 19.2. The van der Waals surface area contributed by atoms with Crippen LogP contribution in [-0.2, 0) is 0 Å². The molecule has 3 aromatic rings. The highest BCUT2D eigenvalue weighted by Gasteiger charge is 2.46. The number of nitriles is 1. The molecule has 1 aromatic carbocycles. The average molecular weight is 372 g/mol. The van der Waals surface area contributed by atoms with Gasteiger partial charge in [0, 0.05) is 22.7 Å². The number of hydrogen-bond donors (Lipinski definition) is 1. The van der Waals surface area contributed by atoms with Crippen LogP contribution in [0.3, 0.4) is 0 Å². The predicted molar refractivity (Wildman–Crippen MR) is 104 cm³/mol. The molecule has 7 nitrogen and oxygen atoms in total. The second-order valence-electron chi connectivity index (χ2n) is 7.59. The molecule has 0 spiro atoms. The Bertz CT molecular complexity index is 1110. The molecule has 7 heteroatoms. The molecule has 0 saturated carbocycles. The van der Waals surface area contributed by atoms with Gasteiger partial charge in [-0.15, -0.1) is 0 Å². The van der Waals surface area contributed by atoms with Gasteiger partial charge < -0.3 is 10.2 Å². The zero-order valence-electron chi connectivity index (χ0n) is 15.5. The van der Waals surface area contributed by atoms with E-state index in [0.717, 1.165) is 41.7 Å². The number of fused-ring (bicyclic) bond motifs is 3. The van der Waals surface area contributed by atoms with E-state index in [1.165, 1.54) is 0 Å². The van der Waals surface area contributed by atoms with Crippen molar-refractivity contribution in [2.75, 3.05) is 0 Å². The summed E-state index contributed by atoms with van der Waals surface area (Å²) >= 11 is 0. The van der Waals surface area contributed by atoms with E-state index in [4.69, 9.17) is 0 Å². The number of aryl methyl sites for hydroxylation is 1. The summed E-state index contributed by atoms with van der Waals surface area (Å²) in [6, 6.07) is 11.9. The van der Waals surface area contributed by atoms with Crippen LogP contribution in [0.4, 0.5) is 0 Å². The Morgan fingerprint density at radius 1 is 1.29 bits per heavy atom. The van der Waals surface area contributed by atoms with Crippen molar-refractivity contribution in [2.45, 2.75) is 44.3 Å². The number of aromatic nitrogens is 3. The van der Waals surface area contributed by atoms with Crippen LogP contribution in [0.1, 0.15) is 35.3 Å². The maximum atomic E-state index is 12.8. The zero-order chi connectivity index (χ0) is 19.3. The predicted octanol–water partition coefficient (Wildman–Crippen LogP) is 2.55. The highest BCUT2D eigenvalue weighted by molar-refractivity contribution is 5.98. The fourth-order valence-corrected chi connectivity index (χ4v) is 4.55. The second kappa shape index (κ2) is 6.34. The largest absolute Gasteiger partial charge is 0.347 e. The first kappa shape index (κ1) is 16.8. The van der Waals surface area contributed by atoms with Gasteiger partial charge in [-0.2, -0.15) is 10.4 Å². The molecule has 5 rings (SSSR count). The molecule has 1 N–H and O–H groups in total. The molecule has 1 amide bonds. The molecular weight excluding hydrogens is 352 g/mol. The third-order valence-corrected chi connectivity index (χ3v) is 5.89. The molecule has 2 fully saturated rings. The van der Waals surface area contributed by atoms with E-state index in [1.54, 1.807) is 10.9 Å². The van der Waals surface area contributed by atoms with Crippen LogP contribution in [0, 0.1) is 18.4 Å². The minimum Gasteiger partial charge on any atom is -0.347 e. The van der Waals surface area contributed by atoms with Crippen LogP contribution < -0.4 is 5.32 Å². The molecule has 2 bridgehead atoms. The van der Waals surface area contributed by atoms with E-state index in [1.807, 2.05) is 48.2 Å². The Morgan fingerprint density at radius 3 is 2.96 bits per heavy atom. The first-order valence-corrected chi connectivity index (χ1v) is 9.55. The molecule has 2 saturated heterocycles. The molecule has 2 aliphatic heterocycles. The Balaban J connectivity index is 1.39. The van der Waals surface area contributed by atoms with Crippen LogP contribution in [-0.4, -0.2) is 43.7 Å². The Labute approximate surface area is 162 Å². The summed E-state index contributed by atoms with van der Waals surface area (Å²) < 4.78 is 1.78. The van der Waals surface area contributed by atoms with E-state index in [0.29, 0.717) is 5.56 Å². The van der Waals surface area contributed by atoms with Gasteiger partial charge in [-0.05, 0) is 56.5 Å². The van der Waals surface area contributed by atoms with Crippen LogP contribution >= 0.6 is 0 Å². The first-order chi connectivity index (χ1) is 13.6. The van der Waals surface area contributed by atoms with Crippen LogP contribution in [0.2, 0.25) is 0 Å². The van der Waals surface area contributed by atoms with Crippen molar-refractivity contribution >= 4 is 16.8 Å². The summed E-state index contributed by atoms with van der Waals surface area (Å²) in [5.74, 6) is 0.657. The van der Waals surface area contributed by atoms with Crippen molar-refractivity contribution in [3.63, 3.8) is 0 Å².